The minimum atomic E-state index is -0.655. The molecule has 8 rings (SSSR count). The lowest BCUT2D eigenvalue weighted by Gasteiger charge is -2.50. The topological polar surface area (TPSA) is 119 Å². The Hall–Kier alpha value is -2.80. The van der Waals surface area contributed by atoms with Gasteiger partial charge in [-0.15, -0.1) is 0 Å². The Balaban J connectivity index is 1.30. The number of ether oxygens (including phenoxy) is 4. The molecule has 0 bridgehead atoms. The lowest BCUT2D eigenvalue weighted by Crippen LogP contribution is -2.56. The Bertz CT molecular complexity index is 1600. The second kappa shape index (κ2) is 10.9. The van der Waals surface area contributed by atoms with E-state index in [4.69, 9.17) is 38.6 Å². The van der Waals surface area contributed by atoms with Crippen molar-refractivity contribution in [3.63, 3.8) is 0 Å². The number of nitrogens with zero attached hydrogens (tertiary/aromatic N) is 6. The molecule has 0 unspecified atom stereocenters. The third-order valence-corrected chi connectivity index (χ3v) is 11.1. The van der Waals surface area contributed by atoms with Gasteiger partial charge in [0, 0.05) is 31.2 Å². The molecule has 6 heterocycles. The normalized spacial score (nSPS) is 29.2. The SMILES string of the molecule is CCn1c(=O)n([C@@H]2CCOC2)c2nc(-c3onc4c3CCC[C@@]43CCCCC34OCCO4)nc(O[C@@H](C)[C@@H]3CCCN3C)c21. The van der Waals surface area contributed by atoms with Crippen molar-refractivity contribution in [2.75, 3.05) is 40.0 Å². The summed E-state index contributed by atoms with van der Waals surface area (Å²) in [5.74, 6) is 0.727. The molecular weight excluding hydrogens is 564 g/mol. The first-order valence-corrected chi connectivity index (χ1v) is 16.7. The minimum absolute atomic E-state index is 0.0996. The first-order chi connectivity index (χ1) is 21.5. The van der Waals surface area contributed by atoms with Crippen molar-refractivity contribution in [2.24, 2.45) is 0 Å². The highest BCUT2D eigenvalue weighted by molar-refractivity contribution is 5.80. The number of rotatable bonds is 6. The Morgan fingerprint density at radius 1 is 1.05 bits per heavy atom. The Morgan fingerprint density at radius 3 is 2.61 bits per heavy atom. The molecule has 3 aromatic heterocycles. The Labute approximate surface area is 257 Å². The van der Waals surface area contributed by atoms with E-state index in [1.165, 1.54) is 0 Å². The zero-order valence-electron chi connectivity index (χ0n) is 26.2. The van der Waals surface area contributed by atoms with Gasteiger partial charge in [0.25, 0.3) is 0 Å². The van der Waals surface area contributed by atoms with E-state index in [-0.39, 0.29) is 29.3 Å². The minimum Gasteiger partial charge on any atom is -0.471 e. The van der Waals surface area contributed by atoms with Crippen LogP contribution in [-0.4, -0.2) is 87.1 Å². The molecule has 4 fully saturated rings. The molecule has 12 nitrogen and oxygen atoms in total. The number of hydrogen-bond acceptors (Lipinski definition) is 10. The van der Waals surface area contributed by atoms with E-state index >= 15 is 0 Å². The van der Waals surface area contributed by atoms with Crippen molar-refractivity contribution >= 4 is 11.2 Å². The van der Waals surface area contributed by atoms with Crippen molar-refractivity contribution in [3.8, 4) is 17.5 Å². The van der Waals surface area contributed by atoms with E-state index in [2.05, 4.69) is 18.9 Å². The smallest absolute Gasteiger partial charge is 0.330 e. The lowest BCUT2D eigenvalue weighted by atomic mass is 9.61. The van der Waals surface area contributed by atoms with Crippen LogP contribution in [0.3, 0.4) is 0 Å². The summed E-state index contributed by atoms with van der Waals surface area (Å²) in [7, 11) is 2.14. The number of fused-ring (bicyclic) bond motifs is 4. The van der Waals surface area contributed by atoms with Gasteiger partial charge in [-0.05, 0) is 78.8 Å². The van der Waals surface area contributed by atoms with Gasteiger partial charge in [0.05, 0.1) is 37.0 Å². The number of imidazole rings is 1. The maximum atomic E-state index is 13.9. The van der Waals surface area contributed by atoms with Gasteiger partial charge in [-0.3, -0.25) is 14.0 Å². The fraction of sp³-hybridized carbons (Fsp3) is 0.750. The fourth-order valence-electron chi connectivity index (χ4n) is 8.94. The van der Waals surface area contributed by atoms with Gasteiger partial charge >= 0.3 is 5.69 Å². The molecule has 2 aliphatic carbocycles. The molecule has 3 saturated heterocycles. The van der Waals surface area contributed by atoms with E-state index < -0.39 is 5.79 Å². The molecule has 0 aromatic carbocycles. The van der Waals surface area contributed by atoms with Crippen molar-refractivity contribution in [1.29, 1.82) is 0 Å². The van der Waals surface area contributed by atoms with E-state index in [9.17, 15) is 4.79 Å². The largest absolute Gasteiger partial charge is 0.471 e. The number of aryl methyl sites for hydroxylation is 1. The molecule has 1 saturated carbocycles. The van der Waals surface area contributed by atoms with Crippen LogP contribution in [0.2, 0.25) is 0 Å². The number of aromatic nitrogens is 5. The van der Waals surface area contributed by atoms with Crippen LogP contribution in [0.4, 0.5) is 0 Å². The standard InChI is InChI=1S/C32H44N6O6/c1-4-37-24-28(38(30(37)39)21-11-16-40-19-21)33-27(34-29(24)43-20(2)23-10-8-15-36(23)3)25-22-9-7-13-31(26(22)35-44-25)12-5-6-14-32(31)41-17-18-42-32/h20-21,23H,4-19H2,1-3H3/t20-,21+,23-,31-/m0/s1. The van der Waals surface area contributed by atoms with Gasteiger partial charge in [-0.1, -0.05) is 11.6 Å². The average molecular weight is 609 g/mol. The zero-order chi connectivity index (χ0) is 30.1. The predicted molar refractivity (Wildman–Crippen MR) is 161 cm³/mol. The second-order valence-corrected chi connectivity index (χ2v) is 13.4. The zero-order valence-corrected chi connectivity index (χ0v) is 26.2. The molecule has 2 spiro atoms. The second-order valence-electron chi connectivity index (χ2n) is 13.4. The molecule has 4 atom stereocenters. The first-order valence-electron chi connectivity index (χ1n) is 16.7. The van der Waals surface area contributed by atoms with Crippen molar-refractivity contribution in [1.82, 2.24) is 29.2 Å². The van der Waals surface area contributed by atoms with E-state index in [0.717, 1.165) is 82.0 Å². The first kappa shape index (κ1) is 28.7. The third kappa shape index (κ3) is 4.16. The highest BCUT2D eigenvalue weighted by atomic mass is 16.7. The van der Waals surface area contributed by atoms with Crippen LogP contribution >= 0.6 is 0 Å². The summed E-state index contributed by atoms with van der Waals surface area (Å²) in [5, 5.41) is 4.76. The molecule has 0 radical (unpaired) electrons. The monoisotopic (exact) mass is 608 g/mol. The lowest BCUT2D eigenvalue weighted by molar-refractivity contribution is -0.231. The van der Waals surface area contributed by atoms with E-state index in [1.54, 1.807) is 9.13 Å². The van der Waals surface area contributed by atoms with Crippen molar-refractivity contribution < 1.29 is 23.5 Å². The molecule has 5 aliphatic rings. The summed E-state index contributed by atoms with van der Waals surface area (Å²) in [6, 6.07) is 0.167. The van der Waals surface area contributed by atoms with Gasteiger partial charge in [0.2, 0.25) is 17.5 Å². The summed E-state index contributed by atoms with van der Waals surface area (Å²) >= 11 is 0. The van der Waals surface area contributed by atoms with Crippen LogP contribution in [0.15, 0.2) is 9.32 Å². The van der Waals surface area contributed by atoms with Crippen LogP contribution in [-0.2, 0) is 32.6 Å². The van der Waals surface area contributed by atoms with Gasteiger partial charge in [-0.25, -0.2) is 9.78 Å². The van der Waals surface area contributed by atoms with Gasteiger partial charge in [0.1, 0.15) is 6.10 Å². The van der Waals surface area contributed by atoms with Gasteiger partial charge < -0.3 is 23.5 Å². The summed E-state index contributed by atoms with van der Waals surface area (Å²) in [5.41, 5.74) is 2.68. The quantitative estimate of drug-likeness (QED) is 0.407. The van der Waals surface area contributed by atoms with E-state index in [0.29, 0.717) is 61.6 Å². The molecule has 0 N–H and O–H groups in total. The number of likely N-dealkylation sites (tertiary alicyclic amines) is 1. The molecule has 12 heteroatoms. The van der Waals surface area contributed by atoms with E-state index in [1.807, 2.05) is 6.92 Å². The molecular formula is C32H44N6O6. The molecule has 0 amide bonds. The fourth-order valence-corrected chi connectivity index (χ4v) is 8.94. The maximum Gasteiger partial charge on any atom is 0.330 e. The maximum absolute atomic E-state index is 13.9. The predicted octanol–water partition coefficient (Wildman–Crippen LogP) is 3.98. The summed E-state index contributed by atoms with van der Waals surface area (Å²) < 4.78 is 35.0. The van der Waals surface area contributed by atoms with Crippen LogP contribution in [0.25, 0.3) is 22.7 Å². The Kier molecular flexibility index (Phi) is 7.11. The molecule has 3 aliphatic heterocycles. The molecule has 238 valence electrons. The summed E-state index contributed by atoms with van der Waals surface area (Å²) in [6.07, 6.45) is 9.55. The molecule has 3 aromatic rings. The highest BCUT2D eigenvalue weighted by Gasteiger charge is 2.61. The van der Waals surface area contributed by atoms with Crippen LogP contribution in [0.5, 0.6) is 5.88 Å². The third-order valence-electron chi connectivity index (χ3n) is 11.1. The van der Waals surface area contributed by atoms with Crippen LogP contribution in [0.1, 0.15) is 88.9 Å². The van der Waals surface area contributed by atoms with Gasteiger partial charge in [-0.2, -0.15) is 4.98 Å². The van der Waals surface area contributed by atoms with Crippen LogP contribution in [0, 0.1) is 0 Å². The summed E-state index contributed by atoms with van der Waals surface area (Å²) in [6.45, 7) is 7.90. The van der Waals surface area contributed by atoms with Gasteiger partial charge in [0.15, 0.2) is 17.0 Å². The highest BCUT2D eigenvalue weighted by Crippen LogP contribution is 2.57. The summed E-state index contributed by atoms with van der Waals surface area (Å²) in [4.78, 5) is 26.4. The van der Waals surface area contributed by atoms with Crippen molar-refractivity contribution in [2.45, 2.75) is 114 Å². The number of likely N-dealkylation sites (N-methyl/N-ethyl adjacent to an activating group) is 1. The molecule has 44 heavy (non-hydrogen) atoms. The number of hydrogen-bond donors (Lipinski definition) is 0. The van der Waals surface area contributed by atoms with Crippen molar-refractivity contribution in [3.05, 3.63) is 21.7 Å². The Morgan fingerprint density at radius 2 is 1.86 bits per heavy atom. The van der Waals surface area contributed by atoms with Crippen LogP contribution < -0.4 is 10.4 Å². The average Bonchev–Trinajstić information content (AvgIpc) is 3.86.